The van der Waals surface area contributed by atoms with Gasteiger partial charge in [0.25, 0.3) is 5.56 Å². The van der Waals surface area contributed by atoms with Gasteiger partial charge in [0.15, 0.2) is 0 Å². The van der Waals surface area contributed by atoms with E-state index in [-0.39, 0.29) is 22.8 Å². The number of nitrogens with zero attached hydrogens (tertiary/aromatic N) is 2. The van der Waals surface area contributed by atoms with Crippen molar-refractivity contribution in [2.24, 2.45) is 14.1 Å². The number of benzene rings is 1. The van der Waals surface area contributed by atoms with Gasteiger partial charge in [-0.05, 0) is 26.0 Å². The molecule has 0 saturated heterocycles. The summed E-state index contributed by atoms with van der Waals surface area (Å²) < 4.78 is 22.4. The standard InChI is InChI=1S/C16H17FN2O3/c1-5-7-10-8-11(17)13(12(9-10)22-6-2)14-15(20)18(3)19(4)16(14)21/h8-9,20H,6H2,1-4H3. The van der Waals surface area contributed by atoms with Crippen LogP contribution < -0.4 is 10.3 Å². The van der Waals surface area contributed by atoms with Gasteiger partial charge in [-0.1, -0.05) is 5.92 Å². The monoisotopic (exact) mass is 304 g/mol. The molecule has 1 N–H and O–H groups in total. The van der Waals surface area contributed by atoms with Crippen molar-refractivity contribution >= 4 is 0 Å². The van der Waals surface area contributed by atoms with Crippen molar-refractivity contribution in [2.75, 3.05) is 6.61 Å². The van der Waals surface area contributed by atoms with Crippen LogP contribution in [0.4, 0.5) is 4.39 Å². The average molecular weight is 304 g/mol. The van der Waals surface area contributed by atoms with E-state index in [0.717, 1.165) is 0 Å². The lowest BCUT2D eigenvalue weighted by Crippen LogP contribution is -2.18. The van der Waals surface area contributed by atoms with Crippen LogP contribution in [0.1, 0.15) is 19.4 Å². The molecular formula is C16H17FN2O3. The van der Waals surface area contributed by atoms with Crippen LogP contribution in [0.25, 0.3) is 11.1 Å². The molecule has 5 nitrogen and oxygen atoms in total. The fourth-order valence-corrected chi connectivity index (χ4v) is 2.23. The normalized spacial score (nSPS) is 10.2. The summed E-state index contributed by atoms with van der Waals surface area (Å²) >= 11 is 0. The molecule has 0 spiro atoms. The van der Waals surface area contributed by atoms with Gasteiger partial charge < -0.3 is 9.84 Å². The van der Waals surface area contributed by atoms with E-state index >= 15 is 0 Å². The van der Waals surface area contributed by atoms with E-state index in [1.807, 2.05) is 0 Å². The molecule has 0 amide bonds. The molecule has 0 aliphatic rings. The summed E-state index contributed by atoms with van der Waals surface area (Å²) in [5.74, 6) is 4.63. The third-order valence-corrected chi connectivity index (χ3v) is 3.36. The molecule has 2 rings (SSSR count). The molecule has 0 radical (unpaired) electrons. The predicted molar refractivity (Wildman–Crippen MR) is 81.4 cm³/mol. The van der Waals surface area contributed by atoms with Crippen molar-refractivity contribution in [1.82, 2.24) is 9.36 Å². The highest BCUT2D eigenvalue weighted by molar-refractivity contribution is 5.75. The summed E-state index contributed by atoms with van der Waals surface area (Å²) in [6.45, 7) is 3.69. The third-order valence-electron chi connectivity index (χ3n) is 3.36. The molecule has 0 aliphatic carbocycles. The van der Waals surface area contributed by atoms with Gasteiger partial charge in [-0.2, -0.15) is 0 Å². The van der Waals surface area contributed by atoms with E-state index in [2.05, 4.69) is 11.8 Å². The van der Waals surface area contributed by atoms with Crippen LogP contribution in [0, 0.1) is 17.7 Å². The Bertz CT molecular complexity index is 838. The van der Waals surface area contributed by atoms with Crippen molar-refractivity contribution in [3.63, 3.8) is 0 Å². The summed E-state index contributed by atoms with van der Waals surface area (Å²) in [5, 5.41) is 10.1. The van der Waals surface area contributed by atoms with Crippen LogP contribution in [-0.4, -0.2) is 21.1 Å². The van der Waals surface area contributed by atoms with E-state index in [4.69, 9.17) is 4.74 Å². The Morgan fingerprint density at radius 3 is 2.45 bits per heavy atom. The number of rotatable bonds is 3. The van der Waals surface area contributed by atoms with Crippen LogP contribution in [0.5, 0.6) is 11.6 Å². The number of aromatic nitrogens is 2. The van der Waals surface area contributed by atoms with E-state index in [1.165, 1.54) is 29.5 Å². The Morgan fingerprint density at radius 1 is 1.27 bits per heavy atom. The lowest BCUT2D eigenvalue weighted by molar-refractivity contribution is 0.339. The molecule has 22 heavy (non-hydrogen) atoms. The molecule has 6 heteroatoms. The van der Waals surface area contributed by atoms with E-state index in [1.54, 1.807) is 19.9 Å². The summed E-state index contributed by atoms with van der Waals surface area (Å²) in [6, 6.07) is 2.78. The van der Waals surface area contributed by atoms with Gasteiger partial charge in [-0.3, -0.25) is 14.2 Å². The summed E-state index contributed by atoms with van der Waals surface area (Å²) in [5.41, 5.74) is -0.238. The summed E-state index contributed by atoms with van der Waals surface area (Å²) in [6.07, 6.45) is 0. The first-order valence-electron chi connectivity index (χ1n) is 6.76. The van der Waals surface area contributed by atoms with Gasteiger partial charge in [0.2, 0.25) is 5.88 Å². The van der Waals surface area contributed by atoms with Gasteiger partial charge in [0.05, 0.1) is 12.2 Å². The maximum Gasteiger partial charge on any atom is 0.278 e. The third kappa shape index (κ3) is 2.46. The first-order chi connectivity index (χ1) is 10.4. The molecule has 1 aromatic heterocycles. The average Bonchev–Trinajstić information content (AvgIpc) is 2.65. The second-order valence-corrected chi connectivity index (χ2v) is 4.69. The molecule has 116 valence electrons. The Hall–Kier alpha value is -2.68. The van der Waals surface area contributed by atoms with Crippen molar-refractivity contribution in [3.05, 3.63) is 33.9 Å². The zero-order valence-corrected chi connectivity index (χ0v) is 12.9. The van der Waals surface area contributed by atoms with Crippen LogP contribution in [0.15, 0.2) is 16.9 Å². The van der Waals surface area contributed by atoms with Gasteiger partial charge in [-0.15, -0.1) is 5.92 Å². The quantitative estimate of drug-likeness (QED) is 0.883. The Balaban J connectivity index is 2.82. The van der Waals surface area contributed by atoms with E-state index in [0.29, 0.717) is 12.2 Å². The predicted octanol–water partition coefficient (Wildman–Crippen LogP) is 2.01. The van der Waals surface area contributed by atoms with Crippen LogP contribution in [0.2, 0.25) is 0 Å². The molecule has 0 unspecified atom stereocenters. The van der Waals surface area contributed by atoms with E-state index < -0.39 is 11.4 Å². The van der Waals surface area contributed by atoms with Crippen molar-refractivity contribution in [2.45, 2.75) is 13.8 Å². The number of hydrogen-bond acceptors (Lipinski definition) is 3. The molecule has 0 atom stereocenters. The molecule has 1 aromatic carbocycles. The highest BCUT2D eigenvalue weighted by Crippen LogP contribution is 2.36. The van der Waals surface area contributed by atoms with Gasteiger partial charge in [0, 0.05) is 19.7 Å². The lowest BCUT2D eigenvalue weighted by atomic mass is 10.0. The molecular weight excluding hydrogens is 287 g/mol. The lowest BCUT2D eigenvalue weighted by Gasteiger charge is -2.11. The van der Waals surface area contributed by atoms with E-state index in [9.17, 15) is 14.3 Å². The van der Waals surface area contributed by atoms with Crippen LogP contribution >= 0.6 is 0 Å². The smallest absolute Gasteiger partial charge is 0.278 e. The number of halogens is 1. The van der Waals surface area contributed by atoms with Crippen molar-refractivity contribution < 1.29 is 14.2 Å². The second kappa shape index (κ2) is 5.98. The molecule has 0 aliphatic heterocycles. The van der Waals surface area contributed by atoms with Crippen molar-refractivity contribution in [3.8, 4) is 34.6 Å². The zero-order chi connectivity index (χ0) is 16.4. The minimum Gasteiger partial charge on any atom is -0.493 e. The first kappa shape index (κ1) is 15.7. The SMILES string of the molecule is CC#Cc1cc(F)c(-c2c(O)n(C)n(C)c2=O)c(OCC)c1. The Kier molecular flexibility index (Phi) is 4.27. The van der Waals surface area contributed by atoms with Crippen LogP contribution in [0.3, 0.4) is 0 Å². The minimum atomic E-state index is -0.665. The fourth-order valence-electron chi connectivity index (χ4n) is 2.23. The number of aromatic hydroxyl groups is 1. The molecule has 2 aromatic rings. The first-order valence-corrected chi connectivity index (χ1v) is 6.76. The van der Waals surface area contributed by atoms with Gasteiger partial charge >= 0.3 is 0 Å². The number of hydrogen-bond donors (Lipinski definition) is 1. The van der Waals surface area contributed by atoms with Crippen molar-refractivity contribution in [1.29, 1.82) is 0 Å². The minimum absolute atomic E-state index is 0.0535. The maximum absolute atomic E-state index is 14.5. The molecule has 1 heterocycles. The summed E-state index contributed by atoms with van der Waals surface area (Å²) in [7, 11) is 3.00. The topological polar surface area (TPSA) is 56.4 Å². The molecule has 0 fully saturated rings. The molecule has 0 saturated carbocycles. The highest BCUT2D eigenvalue weighted by Gasteiger charge is 2.24. The maximum atomic E-state index is 14.5. The highest BCUT2D eigenvalue weighted by atomic mass is 19.1. The number of ether oxygens (including phenoxy) is 1. The zero-order valence-electron chi connectivity index (χ0n) is 12.9. The summed E-state index contributed by atoms with van der Waals surface area (Å²) in [4.78, 5) is 12.3. The molecule has 0 bridgehead atoms. The second-order valence-electron chi connectivity index (χ2n) is 4.69. The van der Waals surface area contributed by atoms with Gasteiger partial charge in [-0.25, -0.2) is 4.39 Å². The Morgan fingerprint density at radius 2 is 1.95 bits per heavy atom. The fraction of sp³-hybridized carbons (Fsp3) is 0.312. The van der Waals surface area contributed by atoms with Crippen LogP contribution in [-0.2, 0) is 14.1 Å². The Labute approximate surface area is 127 Å². The van der Waals surface area contributed by atoms with Gasteiger partial charge in [0.1, 0.15) is 17.1 Å². The largest absolute Gasteiger partial charge is 0.493 e.